The SMILES string of the molecule is CCCC1=CC(=O)C[C@H](CO[Si](C)(C)C(C)(C)C)N1C(=O)OCc1ccccc1. The second kappa shape index (κ2) is 9.72. The molecule has 2 rings (SSSR count). The second-order valence-corrected chi connectivity index (χ2v) is 14.0. The summed E-state index contributed by atoms with van der Waals surface area (Å²) in [7, 11) is -2.00. The van der Waals surface area contributed by atoms with Crippen molar-refractivity contribution in [1.29, 1.82) is 0 Å². The van der Waals surface area contributed by atoms with E-state index in [2.05, 4.69) is 33.9 Å². The van der Waals surface area contributed by atoms with Gasteiger partial charge in [-0.15, -0.1) is 0 Å². The van der Waals surface area contributed by atoms with Crippen LogP contribution < -0.4 is 0 Å². The van der Waals surface area contributed by atoms with E-state index < -0.39 is 14.4 Å². The minimum atomic E-state index is -2.00. The first-order valence-electron chi connectivity index (χ1n) is 10.4. The summed E-state index contributed by atoms with van der Waals surface area (Å²) >= 11 is 0. The first-order valence-corrected chi connectivity index (χ1v) is 13.3. The maximum absolute atomic E-state index is 13.0. The van der Waals surface area contributed by atoms with Gasteiger partial charge >= 0.3 is 6.09 Å². The van der Waals surface area contributed by atoms with Crippen LogP contribution in [0.3, 0.4) is 0 Å². The summed E-state index contributed by atoms with van der Waals surface area (Å²) in [5, 5.41) is 0.0619. The number of ether oxygens (including phenoxy) is 1. The highest BCUT2D eigenvalue weighted by atomic mass is 28.4. The lowest BCUT2D eigenvalue weighted by Crippen LogP contribution is -2.50. The van der Waals surface area contributed by atoms with Crippen LogP contribution in [-0.2, 0) is 20.6 Å². The summed E-state index contributed by atoms with van der Waals surface area (Å²) < 4.78 is 12.0. The minimum Gasteiger partial charge on any atom is -0.444 e. The van der Waals surface area contributed by atoms with E-state index in [1.165, 1.54) is 0 Å². The molecule has 0 saturated heterocycles. The van der Waals surface area contributed by atoms with Gasteiger partial charge in [0.15, 0.2) is 14.1 Å². The Bertz CT molecular complexity index is 737. The van der Waals surface area contributed by atoms with Gasteiger partial charge in [-0.25, -0.2) is 4.79 Å². The Morgan fingerprint density at radius 2 is 1.86 bits per heavy atom. The Balaban J connectivity index is 2.17. The number of hydrogen-bond donors (Lipinski definition) is 0. The number of carbonyl (C=O) groups is 2. The first-order chi connectivity index (χ1) is 13.5. The van der Waals surface area contributed by atoms with Crippen LogP contribution in [0.4, 0.5) is 4.79 Å². The molecule has 1 aromatic carbocycles. The summed E-state index contributed by atoms with van der Waals surface area (Å²) in [6.45, 7) is 13.5. The van der Waals surface area contributed by atoms with Crippen LogP contribution in [0, 0.1) is 0 Å². The van der Waals surface area contributed by atoms with Crippen LogP contribution in [0.2, 0.25) is 18.1 Å². The fourth-order valence-electron chi connectivity index (χ4n) is 3.03. The number of amides is 1. The van der Waals surface area contributed by atoms with E-state index in [0.717, 1.165) is 17.7 Å². The maximum Gasteiger partial charge on any atom is 0.414 e. The smallest absolute Gasteiger partial charge is 0.414 e. The molecule has 0 aromatic heterocycles. The fraction of sp³-hybridized carbons (Fsp3) is 0.565. The Morgan fingerprint density at radius 3 is 2.45 bits per heavy atom. The van der Waals surface area contributed by atoms with Gasteiger partial charge < -0.3 is 9.16 Å². The van der Waals surface area contributed by atoms with Gasteiger partial charge in [0.1, 0.15) is 6.61 Å². The normalized spacial score (nSPS) is 17.9. The molecule has 0 radical (unpaired) electrons. The molecule has 0 unspecified atom stereocenters. The van der Waals surface area contributed by atoms with Crippen molar-refractivity contribution in [2.75, 3.05) is 6.61 Å². The van der Waals surface area contributed by atoms with Crippen LogP contribution in [0.25, 0.3) is 0 Å². The highest BCUT2D eigenvalue weighted by Gasteiger charge is 2.40. The largest absolute Gasteiger partial charge is 0.444 e. The Kier molecular flexibility index (Phi) is 7.83. The number of ketones is 1. The predicted octanol–water partition coefficient (Wildman–Crippen LogP) is 5.67. The van der Waals surface area contributed by atoms with Gasteiger partial charge in [0.05, 0.1) is 12.6 Å². The van der Waals surface area contributed by atoms with Gasteiger partial charge in [0.25, 0.3) is 0 Å². The highest BCUT2D eigenvalue weighted by molar-refractivity contribution is 6.74. The van der Waals surface area contributed by atoms with E-state index >= 15 is 0 Å². The van der Waals surface area contributed by atoms with E-state index in [-0.39, 0.29) is 29.9 Å². The Labute approximate surface area is 176 Å². The molecule has 0 bridgehead atoms. The quantitative estimate of drug-likeness (QED) is 0.536. The summed E-state index contributed by atoms with van der Waals surface area (Å²) in [5.74, 6) is 0.0457. The fourth-order valence-corrected chi connectivity index (χ4v) is 4.07. The first kappa shape index (κ1) is 23.4. The van der Waals surface area contributed by atoms with Crippen LogP contribution in [-0.4, -0.2) is 37.7 Å². The van der Waals surface area contributed by atoms with Crippen molar-refractivity contribution in [3.63, 3.8) is 0 Å². The summed E-state index contributed by atoms with van der Waals surface area (Å²) in [4.78, 5) is 27.0. The third-order valence-corrected chi connectivity index (χ3v) is 10.3. The number of benzene rings is 1. The molecule has 0 fully saturated rings. The standard InChI is InChI=1S/C23H35NO4Si/c1-7-11-19-14-21(25)15-20(17-28-29(5,6)23(2,3)4)24(19)22(26)27-16-18-12-9-8-10-13-18/h8-10,12-14,20H,7,11,15-17H2,1-6H3/t20-/m1/s1. The zero-order valence-corrected chi connectivity index (χ0v) is 19.7. The molecular weight excluding hydrogens is 382 g/mol. The molecule has 0 N–H and O–H groups in total. The summed E-state index contributed by atoms with van der Waals surface area (Å²) in [6.07, 6.45) is 2.95. The number of carbonyl (C=O) groups excluding carboxylic acids is 2. The third-order valence-electron chi connectivity index (χ3n) is 5.79. The number of hydrogen-bond acceptors (Lipinski definition) is 4. The number of rotatable bonds is 7. The molecule has 0 spiro atoms. The Hall–Kier alpha value is -1.92. The van der Waals surface area contributed by atoms with Gasteiger partial charge in [-0.3, -0.25) is 9.69 Å². The minimum absolute atomic E-state index is 0.0457. The molecule has 1 atom stereocenters. The lowest BCUT2D eigenvalue weighted by molar-refractivity contribution is -0.116. The average molecular weight is 418 g/mol. The molecule has 0 saturated carbocycles. The topological polar surface area (TPSA) is 55.8 Å². The van der Waals surface area contributed by atoms with Gasteiger partial charge in [-0.05, 0) is 30.1 Å². The molecule has 1 heterocycles. The third kappa shape index (κ3) is 6.28. The molecule has 160 valence electrons. The van der Waals surface area contributed by atoms with E-state index in [1.807, 2.05) is 37.3 Å². The van der Waals surface area contributed by atoms with Crippen molar-refractivity contribution in [3.8, 4) is 0 Å². The lowest BCUT2D eigenvalue weighted by Gasteiger charge is -2.40. The van der Waals surface area contributed by atoms with Gasteiger partial charge in [-0.1, -0.05) is 64.4 Å². The van der Waals surface area contributed by atoms with E-state index in [1.54, 1.807) is 11.0 Å². The van der Waals surface area contributed by atoms with Crippen LogP contribution in [0.15, 0.2) is 42.1 Å². The van der Waals surface area contributed by atoms with Crippen molar-refractivity contribution < 1.29 is 18.8 Å². The van der Waals surface area contributed by atoms with Crippen LogP contribution >= 0.6 is 0 Å². The molecule has 1 aromatic rings. The molecule has 29 heavy (non-hydrogen) atoms. The number of allylic oxidation sites excluding steroid dienone is 2. The van der Waals surface area contributed by atoms with Crippen LogP contribution in [0.5, 0.6) is 0 Å². The average Bonchev–Trinajstić information content (AvgIpc) is 2.64. The predicted molar refractivity (Wildman–Crippen MR) is 118 cm³/mol. The molecular formula is C23H35NO4Si. The monoisotopic (exact) mass is 417 g/mol. The zero-order valence-electron chi connectivity index (χ0n) is 18.7. The van der Waals surface area contributed by atoms with Gasteiger partial charge in [-0.2, -0.15) is 0 Å². The lowest BCUT2D eigenvalue weighted by atomic mass is 10.0. The van der Waals surface area contributed by atoms with Gasteiger partial charge in [0, 0.05) is 18.2 Å². The highest BCUT2D eigenvalue weighted by Crippen LogP contribution is 2.37. The van der Waals surface area contributed by atoms with E-state index in [4.69, 9.17) is 9.16 Å². The van der Waals surface area contributed by atoms with Crippen molar-refractivity contribution in [3.05, 3.63) is 47.7 Å². The zero-order chi connectivity index (χ0) is 21.7. The summed E-state index contributed by atoms with van der Waals surface area (Å²) in [5.41, 5.74) is 1.66. The summed E-state index contributed by atoms with van der Waals surface area (Å²) in [6, 6.07) is 9.29. The molecule has 1 aliphatic rings. The number of nitrogens with zero attached hydrogens (tertiary/aromatic N) is 1. The molecule has 0 aliphatic carbocycles. The van der Waals surface area contributed by atoms with E-state index in [0.29, 0.717) is 13.0 Å². The molecule has 1 aliphatic heterocycles. The van der Waals surface area contributed by atoms with Crippen molar-refractivity contribution in [2.24, 2.45) is 0 Å². The van der Waals surface area contributed by atoms with Gasteiger partial charge in [0.2, 0.25) is 0 Å². The molecule has 5 nitrogen and oxygen atoms in total. The maximum atomic E-state index is 13.0. The van der Waals surface area contributed by atoms with E-state index in [9.17, 15) is 9.59 Å². The second-order valence-electron chi connectivity index (χ2n) is 9.19. The van der Waals surface area contributed by atoms with Crippen molar-refractivity contribution in [2.45, 2.75) is 77.7 Å². The van der Waals surface area contributed by atoms with Crippen LogP contribution in [0.1, 0.15) is 52.5 Å². The Morgan fingerprint density at radius 1 is 1.21 bits per heavy atom. The van der Waals surface area contributed by atoms with Crippen molar-refractivity contribution in [1.82, 2.24) is 4.90 Å². The van der Waals surface area contributed by atoms with Crippen molar-refractivity contribution >= 4 is 20.2 Å². The molecule has 6 heteroatoms. The molecule has 1 amide bonds.